The van der Waals surface area contributed by atoms with Crippen LogP contribution in [0, 0.1) is 6.92 Å². The molecule has 2 aromatic carbocycles. The lowest BCUT2D eigenvalue weighted by molar-refractivity contribution is 0.601. The summed E-state index contributed by atoms with van der Waals surface area (Å²) in [5, 5.41) is 0. The SMILES string of the molecule is Cc1cc(Br)ccc1NS(=O)(=O)c1c(N)cc(Br)cc1Br. The molecule has 2 rings (SSSR count). The lowest BCUT2D eigenvalue weighted by Gasteiger charge is -2.14. The van der Waals surface area contributed by atoms with Crippen LogP contribution < -0.4 is 10.5 Å². The van der Waals surface area contributed by atoms with E-state index in [1.807, 2.05) is 13.0 Å². The summed E-state index contributed by atoms with van der Waals surface area (Å²) in [6.07, 6.45) is 0. The van der Waals surface area contributed by atoms with Crippen LogP contribution in [-0.4, -0.2) is 8.42 Å². The fraction of sp³-hybridized carbons (Fsp3) is 0.0769. The standard InChI is InChI=1S/C13H11Br3N2O2S/c1-7-4-8(14)2-3-12(7)18-21(19,20)13-10(16)5-9(15)6-11(13)17/h2-6,18H,17H2,1H3. The van der Waals surface area contributed by atoms with Gasteiger partial charge in [-0.1, -0.05) is 31.9 Å². The summed E-state index contributed by atoms with van der Waals surface area (Å²) in [5.41, 5.74) is 7.31. The molecule has 0 aromatic heterocycles. The van der Waals surface area contributed by atoms with Gasteiger partial charge in [0.25, 0.3) is 10.0 Å². The Bertz CT molecular complexity index is 784. The van der Waals surface area contributed by atoms with Crippen molar-refractivity contribution in [3.63, 3.8) is 0 Å². The van der Waals surface area contributed by atoms with Gasteiger partial charge in [0.1, 0.15) is 4.90 Å². The molecular formula is C13H11Br3N2O2S. The maximum absolute atomic E-state index is 12.5. The van der Waals surface area contributed by atoms with Crippen LogP contribution in [0.25, 0.3) is 0 Å². The van der Waals surface area contributed by atoms with Crippen molar-refractivity contribution in [2.45, 2.75) is 11.8 Å². The minimum atomic E-state index is -3.78. The molecule has 0 saturated carbocycles. The zero-order valence-corrected chi connectivity index (χ0v) is 16.4. The number of nitrogens with two attached hydrogens (primary N) is 1. The molecule has 0 atom stereocenters. The van der Waals surface area contributed by atoms with Crippen molar-refractivity contribution < 1.29 is 8.42 Å². The third kappa shape index (κ3) is 3.80. The maximum Gasteiger partial charge on any atom is 0.265 e. The van der Waals surface area contributed by atoms with Crippen LogP contribution in [-0.2, 0) is 10.0 Å². The Labute approximate surface area is 148 Å². The number of hydrogen-bond acceptors (Lipinski definition) is 3. The van der Waals surface area contributed by atoms with Gasteiger partial charge in [-0.3, -0.25) is 4.72 Å². The Morgan fingerprint density at radius 1 is 1.05 bits per heavy atom. The Morgan fingerprint density at radius 2 is 1.71 bits per heavy atom. The zero-order valence-electron chi connectivity index (χ0n) is 10.8. The van der Waals surface area contributed by atoms with Gasteiger partial charge in [0.2, 0.25) is 0 Å². The second kappa shape index (κ2) is 6.28. The average Bonchev–Trinajstić information content (AvgIpc) is 2.30. The molecule has 0 spiro atoms. The Balaban J connectivity index is 2.48. The van der Waals surface area contributed by atoms with E-state index >= 15 is 0 Å². The summed E-state index contributed by atoms with van der Waals surface area (Å²) in [6.45, 7) is 1.82. The molecule has 0 unspecified atom stereocenters. The van der Waals surface area contributed by atoms with Crippen molar-refractivity contribution in [1.29, 1.82) is 0 Å². The van der Waals surface area contributed by atoms with Crippen LogP contribution in [0.15, 0.2) is 48.6 Å². The molecule has 3 N–H and O–H groups in total. The number of nitrogen functional groups attached to an aromatic ring is 1. The quantitative estimate of drug-likeness (QED) is 0.604. The molecular weight excluding hydrogens is 488 g/mol. The van der Waals surface area contributed by atoms with E-state index < -0.39 is 10.0 Å². The minimum absolute atomic E-state index is 0.0213. The highest BCUT2D eigenvalue weighted by Gasteiger charge is 2.22. The molecule has 2 aromatic rings. The molecule has 0 radical (unpaired) electrons. The van der Waals surface area contributed by atoms with Gasteiger partial charge in [0.05, 0.1) is 11.4 Å². The van der Waals surface area contributed by atoms with Crippen LogP contribution >= 0.6 is 47.8 Å². The predicted octanol–water partition coefficient (Wildman–Crippen LogP) is 4.67. The number of rotatable bonds is 3. The van der Waals surface area contributed by atoms with Crippen LogP contribution in [0.5, 0.6) is 0 Å². The van der Waals surface area contributed by atoms with Gasteiger partial charge >= 0.3 is 0 Å². The van der Waals surface area contributed by atoms with Crippen LogP contribution in [0.2, 0.25) is 0 Å². The Hall–Kier alpha value is -0.570. The van der Waals surface area contributed by atoms with Crippen LogP contribution in [0.1, 0.15) is 5.56 Å². The second-order valence-electron chi connectivity index (χ2n) is 4.37. The molecule has 0 heterocycles. The summed E-state index contributed by atoms with van der Waals surface area (Å²) in [7, 11) is -3.78. The van der Waals surface area contributed by atoms with E-state index in [1.165, 1.54) is 0 Å². The zero-order chi connectivity index (χ0) is 15.8. The molecule has 0 amide bonds. The number of sulfonamides is 1. The average molecular weight is 499 g/mol. The number of hydrogen-bond donors (Lipinski definition) is 2. The van der Waals surface area contributed by atoms with Crippen LogP contribution in [0.3, 0.4) is 0 Å². The van der Waals surface area contributed by atoms with E-state index in [-0.39, 0.29) is 10.6 Å². The van der Waals surface area contributed by atoms with Gasteiger partial charge in [-0.05, 0) is 58.7 Å². The lowest BCUT2D eigenvalue weighted by Crippen LogP contribution is -2.16. The Kier molecular flexibility index (Phi) is 5.02. The highest BCUT2D eigenvalue weighted by molar-refractivity contribution is 9.11. The summed E-state index contributed by atoms with van der Waals surface area (Å²) in [4.78, 5) is 0.0213. The van der Waals surface area contributed by atoms with E-state index in [2.05, 4.69) is 52.5 Å². The highest BCUT2D eigenvalue weighted by Crippen LogP contribution is 2.33. The van der Waals surface area contributed by atoms with Crippen molar-refractivity contribution in [3.8, 4) is 0 Å². The fourth-order valence-corrected chi connectivity index (χ4v) is 5.48. The monoisotopic (exact) mass is 496 g/mol. The maximum atomic E-state index is 12.5. The van der Waals surface area contributed by atoms with E-state index in [9.17, 15) is 8.42 Å². The molecule has 0 aliphatic heterocycles. The van der Waals surface area contributed by atoms with Gasteiger partial charge in [-0.2, -0.15) is 0 Å². The first-order valence-electron chi connectivity index (χ1n) is 5.74. The highest BCUT2D eigenvalue weighted by atomic mass is 79.9. The summed E-state index contributed by atoms with van der Waals surface area (Å²) in [6, 6.07) is 8.48. The second-order valence-corrected chi connectivity index (χ2v) is 8.68. The van der Waals surface area contributed by atoms with E-state index in [1.54, 1.807) is 24.3 Å². The molecule has 21 heavy (non-hydrogen) atoms. The first-order chi connectivity index (χ1) is 9.70. The van der Waals surface area contributed by atoms with Crippen molar-refractivity contribution in [2.24, 2.45) is 0 Å². The van der Waals surface area contributed by atoms with Gasteiger partial charge in [0, 0.05) is 13.4 Å². The minimum Gasteiger partial charge on any atom is -0.398 e. The van der Waals surface area contributed by atoms with Crippen molar-refractivity contribution in [1.82, 2.24) is 0 Å². The third-order valence-corrected chi connectivity index (χ3v) is 6.06. The fourth-order valence-electron chi connectivity index (χ4n) is 1.80. The number of nitrogens with one attached hydrogen (secondary N) is 1. The first-order valence-corrected chi connectivity index (χ1v) is 9.60. The number of anilines is 2. The van der Waals surface area contributed by atoms with Crippen molar-refractivity contribution in [3.05, 3.63) is 49.3 Å². The number of aryl methyl sites for hydroxylation is 1. The van der Waals surface area contributed by atoms with Crippen LogP contribution in [0.4, 0.5) is 11.4 Å². The van der Waals surface area contributed by atoms with E-state index in [0.29, 0.717) is 14.6 Å². The Morgan fingerprint density at radius 3 is 2.29 bits per heavy atom. The molecule has 0 bridgehead atoms. The first kappa shape index (κ1) is 16.8. The van der Waals surface area contributed by atoms with Crippen molar-refractivity contribution >= 4 is 69.2 Å². The largest absolute Gasteiger partial charge is 0.398 e. The molecule has 112 valence electrons. The van der Waals surface area contributed by atoms with E-state index in [0.717, 1.165) is 10.0 Å². The molecule has 8 heteroatoms. The molecule has 0 aliphatic carbocycles. The smallest absolute Gasteiger partial charge is 0.265 e. The third-order valence-electron chi connectivity index (χ3n) is 2.74. The van der Waals surface area contributed by atoms with Gasteiger partial charge in [0.15, 0.2) is 0 Å². The predicted molar refractivity (Wildman–Crippen MR) is 95.9 cm³/mol. The molecule has 0 saturated heterocycles. The molecule has 4 nitrogen and oxygen atoms in total. The number of halogens is 3. The lowest BCUT2D eigenvalue weighted by atomic mass is 10.2. The van der Waals surface area contributed by atoms with Gasteiger partial charge in [-0.25, -0.2) is 8.42 Å². The normalized spacial score (nSPS) is 11.4. The summed E-state index contributed by atoms with van der Waals surface area (Å²) in [5.74, 6) is 0. The van der Waals surface area contributed by atoms with Gasteiger partial charge < -0.3 is 5.73 Å². The van der Waals surface area contributed by atoms with Crippen molar-refractivity contribution in [2.75, 3.05) is 10.5 Å². The van der Waals surface area contributed by atoms with E-state index in [4.69, 9.17) is 5.73 Å². The summed E-state index contributed by atoms with van der Waals surface area (Å²) >= 11 is 9.85. The number of benzene rings is 2. The van der Waals surface area contributed by atoms with Gasteiger partial charge in [-0.15, -0.1) is 0 Å². The molecule has 0 fully saturated rings. The topological polar surface area (TPSA) is 72.2 Å². The summed E-state index contributed by atoms with van der Waals surface area (Å²) < 4.78 is 29.6. The molecule has 0 aliphatic rings.